The molecule has 22 heavy (non-hydrogen) atoms. The molecule has 0 radical (unpaired) electrons. The first kappa shape index (κ1) is 16.1. The van der Waals surface area contributed by atoms with Crippen molar-refractivity contribution >= 4 is 28.9 Å². The van der Waals surface area contributed by atoms with Crippen LogP contribution < -0.4 is 16.8 Å². The Morgan fingerprint density at radius 3 is 2.55 bits per heavy atom. The SMILES string of the molecule is Nc1cc(N)cc(C(=O)NCCOCc2cccc(Cl)c2)c1. The number of nitrogens with two attached hydrogens (primary N) is 2. The molecule has 1 amide bonds. The normalized spacial score (nSPS) is 10.4. The molecule has 0 saturated carbocycles. The molecule has 0 aliphatic carbocycles. The molecule has 0 unspecified atom stereocenters. The van der Waals surface area contributed by atoms with Crippen LogP contribution in [0.4, 0.5) is 11.4 Å². The zero-order valence-electron chi connectivity index (χ0n) is 12.0. The van der Waals surface area contributed by atoms with Crippen LogP contribution in [0.2, 0.25) is 5.02 Å². The molecule has 0 atom stereocenters. The van der Waals surface area contributed by atoms with E-state index in [0.29, 0.717) is 41.7 Å². The molecular weight excluding hydrogens is 302 g/mol. The van der Waals surface area contributed by atoms with Crippen molar-refractivity contribution in [1.82, 2.24) is 5.32 Å². The van der Waals surface area contributed by atoms with Crippen molar-refractivity contribution in [1.29, 1.82) is 0 Å². The standard InChI is InChI=1S/C16H18ClN3O2/c17-13-3-1-2-11(6-13)10-22-5-4-20-16(21)12-7-14(18)9-15(19)8-12/h1-3,6-9H,4-5,10,18-19H2,(H,20,21). The molecule has 5 nitrogen and oxygen atoms in total. The van der Waals surface area contributed by atoms with Crippen LogP contribution in [0, 0.1) is 0 Å². The largest absolute Gasteiger partial charge is 0.399 e. The summed E-state index contributed by atoms with van der Waals surface area (Å²) in [5, 5.41) is 3.42. The topological polar surface area (TPSA) is 90.4 Å². The van der Waals surface area contributed by atoms with Gasteiger partial charge in [0.15, 0.2) is 0 Å². The van der Waals surface area contributed by atoms with Crippen LogP contribution in [-0.2, 0) is 11.3 Å². The number of ether oxygens (including phenoxy) is 1. The van der Waals surface area contributed by atoms with E-state index in [1.807, 2.05) is 24.3 Å². The number of anilines is 2. The highest BCUT2D eigenvalue weighted by Gasteiger charge is 2.06. The Kier molecular flexibility index (Phi) is 5.63. The number of rotatable bonds is 6. The van der Waals surface area contributed by atoms with Gasteiger partial charge in [0.05, 0.1) is 13.2 Å². The minimum atomic E-state index is -0.231. The van der Waals surface area contributed by atoms with Crippen LogP contribution in [0.25, 0.3) is 0 Å². The maximum absolute atomic E-state index is 11.9. The second-order valence-electron chi connectivity index (χ2n) is 4.83. The number of benzene rings is 2. The first-order valence-corrected chi connectivity index (χ1v) is 7.19. The fourth-order valence-corrected chi connectivity index (χ4v) is 2.18. The number of hydrogen-bond acceptors (Lipinski definition) is 4. The quantitative estimate of drug-likeness (QED) is 0.563. The molecule has 2 rings (SSSR count). The fraction of sp³-hybridized carbons (Fsp3) is 0.188. The van der Waals surface area contributed by atoms with E-state index in [2.05, 4.69) is 5.32 Å². The second-order valence-corrected chi connectivity index (χ2v) is 5.26. The number of nitrogen functional groups attached to an aromatic ring is 2. The monoisotopic (exact) mass is 319 g/mol. The van der Waals surface area contributed by atoms with Crippen LogP contribution in [0.1, 0.15) is 15.9 Å². The lowest BCUT2D eigenvalue weighted by molar-refractivity contribution is 0.0901. The van der Waals surface area contributed by atoms with Gasteiger partial charge >= 0.3 is 0 Å². The van der Waals surface area contributed by atoms with Crippen molar-refractivity contribution in [2.24, 2.45) is 0 Å². The number of carbonyl (C=O) groups excluding carboxylic acids is 1. The number of nitrogens with one attached hydrogen (secondary N) is 1. The maximum atomic E-state index is 11.9. The molecule has 116 valence electrons. The van der Waals surface area contributed by atoms with Crippen LogP contribution in [0.5, 0.6) is 0 Å². The average molecular weight is 320 g/mol. The van der Waals surface area contributed by atoms with E-state index in [9.17, 15) is 4.79 Å². The summed E-state index contributed by atoms with van der Waals surface area (Å²) < 4.78 is 5.49. The van der Waals surface area contributed by atoms with Crippen LogP contribution in [-0.4, -0.2) is 19.1 Å². The lowest BCUT2D eigenvalue weighted by Gasteiger charge is -2.08. The lowest BCUT2D eigenvalue weighted by Crippen LogP contribution is -2.27. The van der Waals surface area contributed by atoms with Crippen molar-refractivity contribution in [3.63, 3.8) is 0 Å². The molecule has 0 saturated heterocycles. The van der Waals surface area contributed by atoms with E-state index < -0.39 is 0 Å². The van der Waals surface area contributed by atoms with E-state index >= 15 is 0 Å². The molecule has 0 heterocycles. The number of halogens is 1. The van der Waals surface area contributed by atoms with Gasteiger partial charge in [-0.25, -0.2) is 0 Å². The predicted octanol–water partition coefficient (Wildman–Crippen LogP) is 2.45. The molecular formula is C16H18ClN3O2. The first-order valence-electron chi connectivity index (χ1n) is 6.81. The predicted molar refractivity (Wildman–Crippen MR) is 88.7 cm³/mol. The molecule has 5 N–H and O–H groups in total. The zero-order chi connectivity index (χ0) is 15.9. The maximum Gasteiger partial charge on any atom is 0.251 e. The van der Waals surface area contributed by atoms with E-state index in [4.69, 9.17) is 27.8 Å². The zero-order valence-corrected chi connectivity index (χ0v) is 12.8. The summed E-state index contributed by atoms with van der Waals surface area (Å²) >= 11 is 5.89. The molecule has 0 fully saturated rings. The van der Waals surface area contributed by atoms with Gasteiger partial charge in [0.1, 0.15) is 0 Å². The Bertz CT molecular complexity index is 641. The van der Waals surface area contributed by atoms with Gasteiger partial charge in [0, 0.05) is 28.5 Å². The summed E-state index contributed by atoms with van der Waals surface area (Å²) in [6.07, 6.45) is 0. The molecule has 6 heteroatoms. The first-order chi connectivity index (χ1) is 10.5. The molecule has 2 aromatic carbocycles. The average Bonchev–Trinajstić information content (AvgIpc) is 2.45. The molecule has 0 aliphatic rings. The third kappa shape index (κ3) is 4.95. The van der Waals surface area contributed by atoms with Gasteiger partial charge in [-0.2, -0.15) is 0 Å². The summed E-state index contributed by atoms with van der Waals surface area (Å²) in [5.41, 5.74) is 13.7. The molecule has 0 aliphatic heterocycles. The second kappa shape index (κ2) is 7.68. The number of amides is 1. The van der Waals surface area contributed by atoms with Gasteiger partial charge in [-0.3, -0.25) is 4.79 Å². The molecule has 0 bridgehead atoms. The Hall–Kier alpha value is -2.24. The Morgan fingerprint density at radius 2 is 1.86 bits per heavy atom. The van der Waals surface area contributed by atoms with Crippen molar-refractivity contribution < 1.29 is 9.53 Å². The summed E-state index contributed by atoms with van der Waals surface area (Å²) in [6, 6.07) is 12.2. The fourth-order valence-electron chi connectivity index (χ4n) is 1.96. The van der Waals surface area contributed by atoms with E-state index in [1.54, 1.807) is 18.2 Å². The molecule has 2 aromatic rings. The third-order valence-electron chi connectivity index (χ3n) is 2.93. The highest BCUT2D eigenvalue weighted by molar-refractivity contribution is 6.30. The highest BCUT2D eigenvalue weighted by atomic mass is 35.5. The minimum Gasteiger partial charge on any atom is -0.399 e. The van der Waals surface area contributed by atoms with E-state index in [0.717, 1.165) is 5.56 Å². The van der Waals surface area contributed by atoms with Gasteiger partial charge in [-0.1, -0.05) is 23.7 Å². The highest BCUT2D eigenvalue weighted by Crippen LogP contribution is 2.13. The summed E-state index contributed by atoms with van der Waals surface area (Å²) in [5.74, 6) is -0.231. The Labute approximate surface area is 134 Å². The Morgan fingerprint density at radius 1 is 1.14 bits per heavy atom. The third-order valence-corrected chi connectivity index (χ3v) is 3.16. The minimum absolute atomic E-state index is 0.231. The van der Waals surface area contributed by atoms with Gasteiger partial charge < -0.3 is 21.5 Å². The van der Waals surface area contributed by atoms with E-state index in [1.165, 1.54) is 0 Å². The summed E-state index contributed by atoms with van der Waals surface area (Å²) in [6.45, 7) is 1.24. The van der Waals surface area contributed by atoms with Gasteiger partial charge in [0.25, 0.3) is 5.91 Å². The van der Waals surface area contributed by atoms with Crippen molar-refractivity contribution in [2.45, 2.75) is 6.61 Å². The van der Waals surface area contributed by atoms with E-state index in [-0.39, 0.29) is 5.91 Å². The smallest absolute Gasteiger partial charge is 0.251 e. The summed E-state index contributed by atoms with van der Waals surface area (Å²) in [7, 11) is 0. The van der Waals surface area contributed by atoms with Gasteiger partial charge in [-0.15, -0.1) is 0 Å². The van der Waals surface area contributed by atoms with Crippen LogP contribution in [0.15, 0.2) is 42.5 Å². The molecule has 0 aromatic heterocycles. The van der Waals surface area contributed by atoms with Crippen LogP contribution >= 0.6 is 11.6 Å². The van der Waals surface area contributed by atoms with Crippen LogP contribution in [0.3, 0.4) is 0 Å². The van der Waals surface area contributed by atoms with Crippen molar-refractivity contribution in [3.05, 3.63) is 58.6 Å². The molecule has 0 spiro atoms. The Balaban J connectivity index is 1.73. The number of hydrogen-bond donors (Lipinski definition) is 3. The number of carbonyl (C=O) groups is 1. The summed E-state index contributed by atoms with van der Waals surface area (Å²) in [4.78, 5) is 11.9. The van der Waals surface area contributed by atoms with Crippen molar-refractivity contribution in [3.8, 4) is 0 Å². The van der Waals surface area contributed by atoms with Gasteiger partial charge in [-0.05, 0) is 35.9 Å². The lowest BCUT2D eigenvalue weighted by atomic mass is 10.1. The van der Waals surface area contributed by atoms with Gasteiger partial charge in [0.2, 0.25) is 0 Å². The van der Waals surface area contributed by atoms with Crippen molar-refractivity contribution in [2.75, 3.05) is 24.6 Å².